The number of carbonyl (C=O) groups excluding carboxylic acids is 14. The van der Waals surface area contributed by atoms with Crippen LogP contribution in [0.2, 0.25) is 0 Å². The molecule has 10 atom stereocenters. The number of amides is 12. The van der Waals surface area contributed by atoms with Gasteiger partial charge in [0.1, 0.15) is 60.2 Å². The summed E-state index contributed by atoms with van der Waals surface area (Å²) in [6.07, 6.45) is -2.22. The van der Waals surface area contributed by atoms with E-state index < -0.39 is 205 Å². The van der Waals surface area contributed by atoms with Crippen molar-refractivity contribution >= 4 is 94.4 Å². The average molecular weight is 1240 g/mol. The molecule has 1 aromatic carbocycles. The molecule has 1 fully saturated rings. The van der Waals surface area contributed by atoms with Crippen LogP contribution in [-0.4, -0.2) is 195 Å². The zero-order valence-corrected chi connectivity index (χ0v) is 51.0. The second-order valence-electron chi connectivity index (χ2n) is 22.1. The molecule has 12 amide bonds. The van der Waals surface area contributed by atoms with Gasteiger partial charge >= 0.3 is 11.9 Å². The molecule has 1 aliphatic rings. The molecule has 0 aliphatic carbocycles. The molecule has 1 aliphatic heterocycles. The number of Topliss-reactive ketones (excluding diaryl/α,β-unsaturated/α-hetero) is 2. The Kier molecular flexibility index (Phi) is 31.6. The second-order valence-corrected chi connectivity index (χ2v) is 22.1. The third-order valence-electron chi connectivity index (χ3n) is 14.0. The van der Waals surface area contributed by atoms with Crippen LogP contribution in [0.15, 0.2) is 24.3 Å². The van der Waals surface area contributed by atoms with Gasteiger partial charge in [0.15, 0.2) is 0 Å². The minimum absolute atomic E-state index is 0.0283. The molecule has 2 rings (SSSR count). The van der Waals surface area contributed by atoms with Gasteiger partial charge in [-0.25, -0.2) is 0 Å². The van der Waals surface area contributed by atoms with Crippen molar-refractivity contribution in [1.82, 2.24) is 58.1 Å². The number of carboxylic acid groups (broad SMARTS) is 2. The quantitative estimate of drug-likeness (QED) is 0.0283. The number of hydrogen-bond donors (Lipinski definition) is 14. The molecule has 15 N–H and O–H groups in total. The van der Waals surface area contributed by atoms with Crippen molar-refractivity contribution in [2.24, 2.45) is 17.6 Å². The van der Waals surface area contributed by atoms with Crippen LogP contribution >= 0.6 is 0 Å². The summed E-state index contributed by atoms with van der Waals surface area (Å²) >= 11 is 0. The molecule has 0 radical (unpaired) electrons. The van der Waals surface area contributed by atoms with E-state index in [2.05, 4.69) is 53.2 Å². The Morgan fingerprint density at radius 3 is 1.60 bits per heavy atom. The van der Waals surface area contributed by atoms with E-state index in [1.54, 1.807) is 58.9 Å². The van der Waals surface area contributed by atoms with Crippen LogP contribution in [-0.2, 0) is 83.1 Å². The number of primary amides is 1. The van der Waals surface area contributed by atoms with E-state index in [-0.39, 0.29) is 45.1 Å². The molecule has 0 saturated carbocycles. The second kappa shape index (κ2) is 36.9. The van der Waals surface area contributed by atoms with E-state index >= 15 is 0 Å². The first kappa shape index (κ1) is 75.2. The van der Waals surface area contributed by atoms with E-state index in [0.717, 1.165) is 19.4 Å². The molecule has 88 heavy (non-hydrogen) atoms. The average Bonchev–Trinajstić information content (AvgIpc) is 1.82. The topological polar surface area (TPSA) is 483 Å². The summed E-state index contributed by atoms with van der Waals surface area (Å²) in [6.45, 7) is 11.8. The minimum Gasteiger partial charge on any atom is -0.481 e. The molecular formula is C57H86N12O19. The fourth-order valence-electron chi connectivity index (χ4n) is 9.14. The summed E-state index contributed by atoms with van der Waals surface area (Å²) in [5.74, 6) is -17.0. The number of aliphatic hydroxyl groups is 1. The molecule has 1 heterocycles. The van der Waals surface area contributed by atoms with Crippen molar-refractivity contribution in [3.05, 3.63) is 35.4 Å². The van der Waals surface area contributed by atoms with Crippen molar-refractivity contribution in [3.63, 3.8) is 0 Å². The SMILES string of the molecule is CCC[C@H](NC(=O)[C@@H]1CCCN1C(=O)[C@@H](NC(=O)[C@@H](NC(=O)[C@H](CCC(=O)O)NC(=O)[C@H](CCC(=O)O)NC(C)=O)C(C)C)C(C)C)C(=O)C(=O)NCC(=O)N[C@H](CC)C(=O)N[C@H](CC(C)=O)C(=O)N[C@@H](Cc1ccc(C)cc1)C(=O)N[C@@H](CO)C(N)=O. The Morgan fingerprint density at radius 2 is 1.09 bits per heavy atom. The van der Waals surface area contributed by atoms with Gasteiger partial charge in [-0.05, 0) is 69.8 Å². The number of aliphatic hydroxyl groups excluding tert-OH is 1. The highest BCUT2D eigenvalue weighted by molar-refractivity contribution is 6.38. The lowest BCUT2D eigenvalue weighted by Gasteiger charge is -2.33. The number of nitrogens with zero attached hydrogens (tertiary/aromatic N) is 1. The molecule has 31 nitrogen and oxygen atoms in total. The van der Waals surface area contributed by atoms with Crippen LogP contribution in [0.3, 0.4) is 0 Å². The van der Waals surface area contributed by atoms with Crippen molar-refractivity contribution < 1.29 is 92.0 Å². The Morgan fingerprint density at radius 1 is 0.591 bits per heavy atom. The van der Waals surface area contributed by atoms with Gasteiger partial charge in [-0.1, -0.05) is 77.8 Å². The maximum Gasteiger partial charge on any atom is 0.303 e. The highest BCUT2D eigenvalue weighted by atomic mass is 16.4. The standard InChI is InChI=1S/C57H86N12O19/c1-10-13-35(47(78)56(87)59-26-42(73)61-34(11-2)49(80)64-38(24-31(8)71)52(83)65-39(25-33-17-15-30(7)16-18-33)53(84)66-40(27-70)48(58)79)62-54(85)41-14-12-23-69(41)57(88)46(29(5)6)68-55(86)45(28(3)4)67-51(82)37(20-22-44(76)77)63-50(81)36(60-32(9)72)19-21-43(74)75/h15-18,28-29,34-41,45-46,70H,10-14,19-27H2,1-9H3,(H2,58,79)(H,59,87)(H,60,72)(H,61,73)(H,62,85)(H,63,81)(H,64,80)(H,65,83)(H,66,84)(H,67,82)(H,68,86)(H,74,75)(H,76,77)/t34-,35+,36+,37+,38-,39+,40+,41+,45+,46+/m1/s1. The summed E-state index contributed by atoms with van der Waals surface area (Å²) in [5.41, 5.74) is 6.73. The van der Waals surface area contributed by atoms with Gasteiger partial charge in [-0.15, -0.1) is 0 Å². The number of benzene rings is 1. The van der Waals surface area contributed by atoms with Crippen LogP contribution in [0.1, 0.15) is 131 Å². The minimum atomic E-state index is -1.60. The number of likely N-dealkylation sites (tertiary alicyclic amines) is 1. The van der Waals surface area contributed by atoms with Crippen LogP contribution in [0, 0.1) is 18.8 Å². The molecule has 0 aromatic heterocycles. The summed E-state index contributed by atoms with van der Waals surface area (Å²) < 4.78 is 0. The van der Waals surface area contributed by atoms with E-state index in [4.69, 9.17) is 10.8 Å². The van der Waals surface area contributed by atoms with Gasteiger partial charge in [-0.3, -0.25) is 76.7 Å². The van der Waals surface area contributed by atoms with Gasteiger partial charge in [0.25, 0.3) is 5.91 Å². The number of aliphatic carboxylic acids is 2. The maximum atomic E-state index is 14.3. The molecule has 488 valence electrons. The van der Waals surface area contributed by atoms with Crippen LogP contribution < -0.4 is 58.9 Å². The Labute approximate surface area is 509 Å². The highest BCUT2D eigenvalue weighted by Gasteiger charge is 2.42. The number of carbonyl (C=O) groups is 16. The smallest absolute Gasteiger partial charge is 0.303 e. The van der Waals surface area contributed by atoms with Crippen molar-refractivity contribution in [3.8, 4) is 0 Å². The highest BCUT2D eigenvalue weighted by Crippen LogP contribution is 2.22. The largest absolute Gasteiger partial charge is 0.481 e. The van der Waals surface area contributed by atoms with E-state index in [0.29, 0.717) is 12.0 Å². The van der Waals surface area contributed by atoms with Crippen LogP contribution in [0.4, 0.5) is 0 Å². The van der Waals surface area contributed by atoms with Crippen LogP contribution in [0.25, 0.3) is 0 Å². The zero-order valence-electron chi connectivity index (χ0n) is 51.0. The molecule has 31 heteroatoms. The first-order valence-electron chi connectivity index (χ1n) is 28.9. The predicted molar refractivity (Wildman–Crippen MR) is 311 cm³/mol. The fraction of sp³-hybridized carbons (Fsp3) is 0.614. The van der Waals surface area contributed by atoms with Gasteiger partial charge < -0.3 is 79.1 Å². The first-order valence-corrected chi connectivity index (χ1v) is 28.9. The Hall–Kier alpha value is -8.90. The summed E-state index contributed by atoms with van der Waals surface area (Å²) in [7, 11) is 0. The number of nitrogens with one attached hydrogen (secondary N) is 10. The van der Waals surface area contributed by atoms with E-state index in [1.165, 1.54) is 11.8 Å². The van der Waals surface area contributed by atoms with Gasteiger partial charge in [0, 0.05) is 39.2 Å². The molecule has 0 unspecified atom stereocenters. The number of rotatable bonds is 38. The fourth-order valence-corrected chi connectivity index (χ4v) is 9.14. The lowest BCUT2D eigenvalue weighted by molar-refractivity contribution is -0.144. The molecular weight excluding hydrogens is 1160 g/mol. The first-order chi connectivity index (χ1) is 41.2. The number of ketones is 2. The zero-order chi connectivity index (χ0) is 66.7. The number of hydrogen-bond acceptors (Lipinski definition) is 17. The lowest BCUT2D eigenvalue weighted by Crippen LogP contribution is -2.61. The maximum absolute atomic E-state index is 14.3. The van der Waals surface area contributed by atoms with Crippen LogP contribution in [0.5, 0.6) is 0 Å². The van der Waals surface area contributed by atoms with Gasteiger partial charge in [-0.2, -0.15) is 0 Å². The monoisotopic (exact) mass is 1240 g/mol. The third kappa shape index (κ3) is 25.2. The molecule has 0 spiro atoms. The van der Waals surface area contributed by atoms with E-state index in [9.17, 15) is 86.9 Å². The Balaban J connectivity index is 2.20. The summed E-state index contributed by atoms with van der Waals surface area (Å²) in [6, 6.07) is -7.43. The number of nitrogens with two attached hydrogens (primary N) is 1. The lowest BCUT2D eigenvalue weighted by atomic mass is 9.98. The Bertz CT molecular complexity index is 2720. The van der Waals surface area contributed by atoms with E-state index in [1.807, 2.05) is 6.92 Å². The molecule has 1 aromatic rings. The summed E-state index contributed by atoms with van der Waals surface area (Å²) in [5, 5.41) is 52.1. The molecule has 0 bridgehead atoms. The summed E-state index contributed by atoms with van der Waals surface area (Å²) in [4.78, 5) is 210. The third-order valence-corrected chi connectivity index (χ3v) is 14.0. The van der Waals surface area contributed by atoms with Crippen molar-refractivity contribution in [2.75, 3.05) is 19.7 Å². The number of aryl methyl sites for hydroxylation is 1. The number of carboxylic acids is 2. The van der Waals surface area contributed by atoms with Crippen molar-refractivity contribution in [2.45, 2.75) is 193 Å². The van der Waals surface area contributed by atoms with Gasteiger partial charge in [0.2, 0.25) is 70.8 Å². The normalized spacial score (nSPS) is 15.8. The molecule has 1 saturated heterocycles. The van der Waals surface area contributed by atoms with Gasteiger partial charge in [0.05, 0.1) is 19.2 Å². The van der Waals surface area contributed by atoms with Crippen molar-refractivity contribution in [1.29, 1.82) is 0 Å². The predicted octanol–water partition coefficient (Wildman–Crippen LogP) is -3.69.